The SMILES string of the molecule is C[C@@H]1N=C(c2cccc(C3=N[C@@H](C)CO3)n2)OC1c1ccc(N=C2c3ccccc3C(=O)[NH+]2[O-])nc1. The van der Waals surface area contributed by atoms with Crippen LogP contribution in [-0.4, -0.2) is 52.2 Å². The normalized spacial score (nSPS) is 25.9. The highest BCUT2D eigenvalue weighted by atomic mass is 16.5. The van der Waals surface area contributed by atoms with Gasteiger partial charge >= 0.3 is 5.91 Å². The topological polar surface area (TPSA) is 126 Å². The van der Waals surface area contributed by atoms with Crippen LogP contribution in [0.2, 0.25) is 0 Å². The maximum Gasteiger partial charge on any atom is 0.351 e. The molecule has 0 fully saturated rings. The van der Waals surface area contributed by atoms with Crippen LogP contribution in [0.25, 0.3) is 0 Å². The smallest absolute Gasteiger partial charge is 0.351 e. The van der Waals surface area contributed by atoms with Crippen molar-refractivity contribution in [3.63, 3.8) is 0 Å². The summed E-state index contributed by atoms with van der Waals surface area (Å²) < 4.78 is 11.8. The van der Waals surface area contributed by atoms with E-state index in [4.69, 9.17) is 9.47 Å². The van der Waals surface area contributed by atoms with Gasteiger partial charge in [-0.3, -0.25) is 5.06 Å². The minimum Gasteiger partial charge on any atom is -0.620 e. The van der Waals surface area contributed by atoms with Crippen LogP contribution in [0.5, 0.6) is 0 Å². The molecule has 6 rings (SSSR count). The summed E-state index contributed by atoms with van der Waals surface area (Å²) in [5, 5.41) is 11.8. The highest BCUT2D eigenvalue weighted by Crippen LogP contribution is 2.31. The average molecular weight is 483 g/mol. The van der Waals surface area contributed by atoms with Gasteiger partial charge in [0.1, 0.15) is 24.1 Å². The summed E-state index contributed by atoms with van der Waals surface area (Å²) in [5.74, 6) is 0.871. The van der Waals surface area contributed by atoms with E-state index in [9.17, 15) is 10.0 Å². The van der Waals surface area contributed by atoms with E-state index >= 15 is 0 Å². The van der Waals surface area contributed by atoms with Crippen LogP contribution in [-0.2, 0) is 9.47 Å². The molecule has 2 unspecified atom stereocenters. The van der Waals surface area contributed by atoms with Crippen LogP contribution in [0, 0.1) is 5.21 Å². The molecule has 1 amide bonds. The third kappa shape index (κ3) is 3.86. The number of benzene rings is 1. The molecular weight excluding hydrogens is 460 g/mol. The van der Waals surface area contributed by atoms with Crippen LogP contribution in [0.3, 0.4) is 0 Å². The Morgan fingerprint density at radius 3 is 2.47 bits per heavy atom. The van der Waals surface area contributed by atoms with Gasteiger partial charge in [0, 0.05) is 11.8 Å². The quantitative estimate of drug-likeness (QED) is 0.568. The van der Waals surface area contributed by atoms with Crippen LogP contribution in [0.1, 0.15) is 52.8 Å². The Bertz CT molecular complexity index is 1450. The Kier molecular flexibility index (Phi) is 5.39. The minimum absolute atomic E-state index is 0.109. The summed E-state index contributed by atoms with van der Waals surface area (Å²) in [6.45, 7) is 4.49. The number of amidine groups is 1. The number of hydrogen-bond acceptors (Lipinski definition) is 9. The zero-order valence-corrected chi connectivity index (χ0v) is 19.6. The van der Waals surface area contributed by atoms with Crippen molar-refractivity contribution >= 4 is 29.4 Å². The third-order valence-corrected chi connectivity index (χ3v) is 6.16. The van der Waals surface area contributed by atoms with Gasteiger partial charge in [-0.15, -0.1) is 0 Å². The largest absolute Gasteiger partial charge is 0.620 e. The summed E-state index contributed by atoms with van der Waals surface area (Å²) in [5.41, 5.74) is 2.96. The number of pyridine rings is 2. The lowest BCUT2D eigenvalue weighted by Gasteiger charge is -2.15. The molecule has 36 heavy (non-hydrogen) atoms. The van der Waals surface area contributed by atoms with Crippen molar-refractivity contribution in [2.45, 2.75) is 32.0 Å². The minimum atomic E-state index is -0.619. The lowest BCUT2D eigenvalue weighted by Crippen LogP contribution is -3.10. The Balaban J connectivity index is 1.21. The van der Waals surface area contributed by atoms with E-state index in [0.29, 0.717) is 46.7 Å². The van der Waals surface area contributed by atoms with Crippen molar-refractivity contribution in [3.8, 4) is 0 Å². The number of nitrogens with zero attached hydrogens (tertiary/aromatic N) is 5. The predicted octanol–water partition coefficient (Wildman–Crippen LogP) is 2.16. The van der Waals surface area contributed by atoms with E-state index in [1.54, 1.807) is 36.5 Å². The van der Waals surface area contributed by atoms with Gasteiger partial charge in [-0.1, -0.05) is 18.2 Å². The molecule has 3 aromatic rings. The molecule has 1 aromatic carbocycles. The third-order valence-electron chi connectivity index (χ3n) is 6.16. The molecule has 0 radical (unpaired) electrons. The van der Waals surface area contributed by atoms with Crippen LogP contribution < -0.4 is 5.06 Å². The number of ether oxygens (including phenoxy) is 2. The summed E-state index contributed by atoms with van der Waals surface area (Å²) in [4.78, 5) is 34.7. The lowest BCUT2D eigenvalue weighted by atomic mass is 10.1. The van der Waals surface area contributed by atoms with Gasteiger partial charge < -0.3 is 14.7 Å². The summed E-state index contributed by atoms with van der Waals surface area (Å²) >= 11 is 0. The van der Waals surface area contributed by atoms with Crippen molar-refractivity contribution < 1.29 is 19.3 Å². The van der Waals surface area contributed by atoms with Crippen molar-refractivity contribution in [2.24, 2.45) is 15.0 Å². The monoisotopic (exact) mass is 482 g/mol. The standard InChI is InChI=1S/C26H22N6O4/c1-14-13-35-24(28-14)19-8-5-9-20(30-19)25-29-15(2)22(36-25)16-10-11-21(27-12-16)31-23-17-6-3-4-7-18(17)26(33)32(23)34/h3-12,14-15,22,32H,13H2,1-2H3/t14-,15-,22?/m0/s1. The van der Waals surface area contributed by atoms with Gasteiger partial charge in [0.25, 0.3) is 0 Å². The summed E-state index contributed by atoms with van der Waals surface area (Å²) in [6.07, 6.45) is 1.30. The number of hydroxylamine groups is 2. The first-order valence-electron chi connectivity index (χ1n) is 11.6. The highest BCUT2D eigenvalue weighted by molar-refractivity contribution is 6.14. The van der Waals surface area contributed by atoms with E-state index in [1.807, 2.05) is 38.1 Å². The van der Waals surface area contributed by atoms with Crippen LogP contribution in [0.15, 0.2) is 75.8 Å². The number of hydrogen-bond donors (Lipinski definition) is 1. The molecule has 3 aliphatic rings. The first-order chi connectivity index (χ1) is 17.5. The fourth-order valence-corrected chi connectivity index (χ4v) is 4.36. The molecular formula is C26H22N6O4. The number of aromatic nitrogens is 2. The molecule has 10 heteroatoms. The van der Waals surface area contributed by atoms with Crippen LogP contribution >= 0.6 is 0 Å². The molecule has 1 N–H and O–H groups in total. The lowest BCUT2D eigenvalue weighted by molar-refractivity contribution is -0.644. The summed E-state index contributed by atoms with van der Waals surface area (Å²) in [7, 11) is 0. The second-order valence-corrected chi connectivity index (χ2v) is 8.83. The molecule has 2 aromatic heterocycles. The van der Waals surface area contributed by atoms with E-state index in [2.05, 4.69) is 24.9 Å². The van der Waals surface area contributed by atoms with Crippen LogP contribution in [0.4, 0.5) is 5.82 Å². The second-order valence-electron chi connectivity index (χ2n) is 8.83. The van der Waals surface area contributed by atoms with E-state index in [-0.39, 0.29) is 24.0 Å². The highest BCUT2D eigenvalue weighted by Gasteiger charge is 2.35. The van der Waals surface area contributed by atoms with Crippen molar-refractivity contribution in [1.82, 2.24) is 9.97 Å². The van der Waals surface area contributed by atoms with Gasteiger partial charge in [0.15, 0.2) is 5.82 Å². The van der Waals surface area contributed by atoms with E-state index in [0.717, 1.165) is 5.56 Å². The molecule has 3 aliphatic heterocycles. The van der Waals surface area contributed by atoms with Crippen molar-refractivity contribution in [2.75, 3.05) is 6.61 Å². The zero-order chi connectivity index (χ0) is 24.8. The maximum atomic E-state index is 12.4. The molecule has 0 aliphatic carbocycles. The molecule has 0 spiro atoms. The molecule has 4 atom stereocenters. The Morgan fingerprint density at radius 1 is 0.972 bits per heavy atom. The zero-order valence-electron chi connectivity index (χ0n) is 19.6. The average Bonchev–Trinajstić information content (AvgIpc) is 3.58. The second kappa shape index (κ2) is 8.74. The van der Waals surface area contributed by atoms with Gasteiger partial charge in [0.05, 0.1) is 23.2 Å². The molecule has 0 saturated carbocycles. The van der Waals surface area contributed by atoms with Crippen molar-refractivity contribution in [3.05, 3.63) is 94.1 Å². The van der Waals surface area contributed by atoms with Crippen molar-refractivity contribution in [1.29, 1.82) is 0 Å². The molecule has 180 valence electrons. The first kappa shape index (κ1) is 22.2. The van der Waals surface area contributed by atoms with Gasteiger partial charge in [-0.2, -0.15) is 4.99 Å². The van der Waals surface area contributed by atoms with Gasteiger partial charge in [-0.05, 0) is 50.2 Å². The van der Waals surface area contributed by atoms with E-state index < -0.39 is 11.0 Å². The number of quaternary nitrogens is 1. The fourth-order valence-electron chi connectivity index (χ4n) is 4.36. The number of fused-ring (bicyclic) bond motifs is 1. The first-order valence-corrected chi connectivity index (χ1v) is 11.6. The predicted molar refractivity (Wildman–Crippen MR) is 132 cm³/mol. The Morgan fingerprint density at radius 2 is 1.75 bits per heavy atom. The molecule has 0 bridgehead atoms. The number of carbonyl (C=O) groups is 1. The maximum absolute atomic E-state index is 12.4. The molecule has 5 heterocycles. The molecule has 0 saturated heterocycles. The number of amides is 1. The van der Waals surface area contributed by atoms with Gasteiger partial charge in [-0.25, -0.2) is 24.7 Å². The number of rotatable bonds is 4. The number of nitrogens with one attached hydrogen (secondary N) is 1. The number of carbonyl (C=O) groups excluding carboxylic acids is 1. The summed E-state index contributed by atoms with van der Waals surface area (Å²) in [6, 6.07) is 15.9. The number of aliphatic imine (C=N–C) groups is 3. The van der Waals surface area contributed by atoms with E-state index in [1.165, 1.54) is 0 Å². The molecule has 10 nitrogen and oxygen atoms in total. The van der Waals surface area contributed by atoms with Gasteiger partial charge in [0.2, 0.25) is 17.6 Å². The Hall–Kier alpha value is -4.28. The Labute approximate surface area is 206 Å². The fraction of sp³-hybridized carbons (Fsp3) is 0.231.